The highest BCUT2D eigenvalue weighted by Gasteiger charge is 2.09. The molecule has 0 aliphatic rings. The van der Waals surface area contributed by atoms with Crippen molar-refractivity contribution < 1.29 is 4.79 Å². The average Bonchev–Trinajstić information content (AvgIpc) is 2.79. The molecule has 0 atom stereocenters. The smallest absolute Gasteiger partial charge is 0.306 e. The second-order valence-corrected chi connectivity index (χ2v) is 4.30. The van der Waals surface area contributed by atoms with Crippen LogP contribution in [0.3, 0.4) is 0 Å². The Morgan fingerprint density at radius 2 is 2.12 bits per heavy atom. The van der Waals surface area contributed by atoms with Crippen molar-refractivity contribution in [3.05, 3.63) is 46.5 Å². The summed E-state index contributed by atoms with van der Waals surface area (Å²) in [4.78, 5) is 15.5. The number of carbonyl (C=O) groups is 1. The lowest BCUT2D eigenvalue weighted by Gasteiger charge is -2.09. The Morgan fingerprint density at radius 1 is 1.35 bits per heavy atom. The van der Waals surface area contributed by atoms with Crippen LogP contribution in [-0.2, 0) is 0 Å². The lowest BCUT2D eigenvalue weighted by molar-refractivity contribution is 0.253. The molecule has 17 heavy (non-hydrogen) atoms. The van der Waals surface area contributed by atoms with E-state index in [1.165, 1.54) is 17.1 Å². The number of aryl methyl sites for hydroxylation is 1. The number of hydrogen-bond acceptors (Lipinski definition) is 2. The van der Waals surface area contributed by atoms with E-state index >= 15 is 0 Å². The first-order chi connectivity index (χ1) is 8.08. The van der Waals surface area contributed by atoms with Gasteiger partial charge in [-0.3, -0.25) is 4.57 Å². The highest BCUT2D eigenvalue weighted by Crippen LogP contribution is 2.28. The van der Waals surface area contributed by atoms with Gasteiger partial charge in [0.2, 0.25) is 0 Å². The molecule has 4 nitrogen and oxygen atoms in total. The van der Waals surface area contributed by atoms with Crippen LogP contribution in [-0.4, -0.2) is 15.6 Å². The normalized spacial score (nSPS) is 10.3. The summed E-state index contributed by atoms with van der Waals surface area (Å²) in [6.45, 7) is 1.84. The summed E-state index contributed by atoms with van der Waals surface area (Å²) in [5.41, 5.74) is 1.33. The molecule has 6 heteroatoms. The first-order valence-electron chi connectivity index (χ1n) is 4.83. The monoisotopic (exact) mass is 269 g/mol. The number of carbonyl (C=O) groups excluding carboxylic acids is 1. The number of nitrogens with zero attached hydrogens (tertiary/aromatic N) is 2. The Kier molecular flexibility index (Phi) is 3.36. The number of rotatable bonds is 1. The predicted molar refractivity (Wildman–Crippen MR) is 67.8 cm³/mol. The van der Waals surface area contributed by atoms with Crippen LogP contribution in [0, 0.1) is 6.92 Å². The van der Waals surface area contributed by atoms with Gasteiger partial charge in [0.25, 0.3) is 0 Å². The third-order valence-electron chi connectivity index (χ3n) is 2.23. The molecule has 1 amide bonds. The van der Waals surface area contributed by atoms with Gasteiger partial charge in [0.1, 0.15) is 6.33 Å². The highest BCUT2D eigenvalue weighted by atomic mass is 35.5. The first kappa shape index (κ1) is 12.0. The van der Waals surface area contributed by atoms with Crippen LogP contribution in [0.5, 0.6) is 0 Å². The molecular formula is C11H9Cl2N3O. The zero-order valence-electron chi connectivity index (χ0n) is 8.95. The Hall–Kier alpha value is -1.52. The minimum absolute atomic E-state index is 0.343. The number of halogens is 2. The fourth-order valence-electron chi connectivity index (χ4n) is 1.30. The molecule has 0 radical (unpaired) electrons. The largest absolute Gasteiger partial charge is 0.331 e. The maximum atomic E-state index is 11.7. The molecule has 88 valence electrons. The Labute approximate surface area is 108 Å². The molecule has 0 fully saturated rings. The van der Waals surface area contributed by atoms with Crippen molar-refractivity contribution in [2.45, 2.75) is 6.92 Å². The predicted octanol–water partition coefficient (Wildman–Crippen LogP) is 3.58. The van der Waals surface area contributed by atoms with Gasteiger partial charge in [-0.1, -0.05) is 23.2 Å². The topological polar surface area (TPSA) is 46.9 Å². The van der Waals surface area contributed by atoms with E-state index in [2.05, 4.69) is 10.3 Å². The van der Waals surface area contributed by atoms with Crippen molar-refractivity contribution in [2.75, 3.05) is 5.32 Å². The van der Waals surface area contributed by atoms with Crippen LogP contribution in [0.2, 0.25) is 10.0 Å². The molecule has 0 unspecified atom stereocenters. The molecule has 0 spiro atoms. The van der Waals surface area contributed by atoms with Crippen LogP contribution < -0.4 is 5.32 Å². The number of amides is 1. The average molecular weight is 270 g/mol. The lowest BCUT2D eigenvalue weighted by Crippen LogP contribution is -2.18. The molecule has 1 N–H and O–H groups in total. The minimum atomic E-state index is -0.343. The zero-order chi connectivity index (χ0) is 12.4. The molecule has 2 rings (SSSR count). The van der Waals surface area contributed by atoms with Crippen LogP contribution >= 0.6 is 23.2 Å². The van der Waals surface area contributed by atoms with E-state index in [0.717, 1.165) is 5.56 Å². The molecular weight excluding hydrogens is 261 g/mol. The van der Waals surface area contributed by atoms with Gasteiger partial charge in [0.05, 0.1) is 10.7 Å². The number of nitrogens with one attached hydrogen (secondary N) is 1. The Morgan fingerprint density at radius 3 is 2.76 bits per heavy atom. The van der Waals surface area contributed by atoms with E-state index in [1.54, 1.807) is 18.3 Å². The van der Waals surface area contributed by atoms with E-state index in [9.17, 15) is 4.79 Å². The number of anilines is 1. The zero-order valence-corrected chi connectivity index (χ0v) is 10.5. The standard InChI is InChI=1S/C11H9Cl2N3O/c1-7-4-9(13)10(5-8(7)12)15-11(17)16-3-2-14-6-16/h2-6H,1H3,(H,15,17). The summed E-state index contributed by atoms with van der Waals surface area (Å²) < 4.78 is 1.31. The van der Waals surface area contributed by atoms with Crippen molar-refractivity contribution in [3.8, 4) is 0 Å². The molecule has 2 aromatic rings. The quantitative estimate of drug-likeness (QED) is 0.860. The number of aromatic nitrogens is 2. The molecule has 0 aliphatic heterocycles. The van der Waals surface area contributed by atoms with Gasteiger partial charge in [-0.15, -0.1) is 0 Å². The third kappa shape index (κ3) is 2.60. The van der Waals surface area contributed by atoms with Gasteiger partial charge in [0, 0.05) is 17.4 Å². The van der Waals surface area contributed by atoms with Gasteiger partial charge in [-0.25, -0.2) is 9.78 Å². The SMILES string of the molecule is Cc1cc(Cl)c(NC(=O)n2ccnc2)cc1Cl. The van der Waals surface area contributed by atoms with Crippen molar-refractivity contribution in [3.63, 3.8) is 0 Å². The third-order valence-corrected chi connectivity index (χ3v) is 2.95. The van der Waals surface area contributed by atoms with Gasteiger partial charge in [-0.05, 0) is 24.6 Å². The van der Waals surface area contributed by atoms with Crippen molar-refractivity contribution in [2.24, 2.45) is 0 Å². The van der Waals surface area contributed by atoms with Gasteiger partial charge < -0.3 is 5.32 Å². The summed E-state index contributed by atoms with van der Waals surface area (Å²) in [6.07, 6.45) is 4.46. The Bertz CT molecular complexity index is 552. The van der Waals surface area contributed by atoms with Crippen molar-refractivity contribution in [1.82, 2.24) is 9.55 Å². The summed E-state index contributed by atoms with van der Waals surface area (Å²) >= 11 is 12.0. The van der Waals surface area contributed by atoms with Crippen LogP contribution in [0.4, 0.5) is 10.5 Å². The molecule has 1 aromatic carbocycles. The van der Waals surface area contributed by atoms with E-state index in [1.807, 2.05) is 6.92 Å². The molecule has 0 aliphatic carbocycles. The number of hydrogen-bond donors (Lipinski definition) is 1. The maximum Gasteiger partial charge on any atom is 0.331 e. The fraction of sp³-hybridized carbons (Fsp3) is 0.0909. The van der Waals surface area contributed by atoms with E-state index in [4.69, 9.17) is 23.2 Å². The summed E-state index contributed by atoms with van der Waals surface area (Å²) in [5, 5.41) is 3.64. The molecule has 0 saturated carbocycles. The summed E-state index contributed by atoms with van der Waals surface area (Å²) in [5.74, 6) is 0. The molecule has 0 bridgehead atoms. The van der Waals surface area contributed by atoms with Gasteiger partial charge >= 0.3 is 6.03 Å². The number of benzene rings is 1. The Balaban J connectivity index is 2.25. The lowest BCUT2D eigenvalue weighted by atomic mass is 10.2. The van der Waals surface area contributed by atoms with E-state index in [0.29, 0.717) is 15.7 Å². The van der Waals surface area contributed by atoms with E-state index in [-0.39, 0.29) is 6.03 Å². The van der Waals surface area contributed by atoms with Crippen LogP contribution in [0.1, 0.15) is 5.56 Å². The molecule has 1 heterocycles. The number of imidazole rings is 1. The fourth-order valence-corrected chi connectivity index (χ4v) is 1.73. The van der Waals surface area contributed by atoms with Crippen LogP contribution in [0.15, 0.2) is 30.9 Å². The first-order valence-corrected chi connectivity index (χ1v) is 5.58. The second kappa shape index (κ2) is 4.77. The maximum absolute atomic E-state index is 11.7. The van der Waals surface area contributed by atoms with Crippen molar-refractivity contribution >= 4 is 34.9 Å². The van der Waals surface area contributed by atoms with Gasteiger partial charge in [0.15, 0.2) is 0 Å². The minimum Gasteiger partial charge on any atom is -0.306 e. The molecule has 0 saturated heterocycles. The van der Waals surface area contributed by atoms with E-state index < -0.39 is 0 Å². The second-order valence-electron chi connectivity index (χ2n) is 3.48. The van der Waals surface area contributed by atoms with Crippen LogP contribution in [0.25, 0.3) is 0 Å². The molecule has 1 aromatic heterocycles. The summed E-state index contributed by atoms with van der Waals surface area (Å²) in [6, 6.07) is 2.98. The highest BCUT2D eigenvalue weighted by molar-refractivity contribution is 6.36. The van der Waals surface area contributed by atoms with Crippen molar-refractivity contribution in [1.29, 1.82) is 0 Å². The summed E-state index contributed by atoms with van der Waals surface area (Å²) in [7, 11) is 0. The van der Waals surface area contributed by atoms with Gasteiger partial charge in [-0.2, -0.15) is 0 Å².